The number of nitrogens with one attached hydrogen (secondary N) is 2. The van der Waals surface area contributed by atoms with Crippen LogP contribution in [-0.2, 0) is 18.4 Å². The first-order valence-corrected chi connectivity index (χ1v) is 19.7. The van der Waals surface area contributed by atoms with Crippen LogP contribution in [0.15, 0.2) is 55.0 Å². The number of nitrogens with zero attached hydrogens (tertiary/aromatic N) is 5. The van der Waals surface area contributed by atoms with E-state index in [1.54, 1.807) is 20.5 Å². The Hall–Kier alpha value is -4.11. The van der Waals surface area contributed by atoms with Gasteiger partial charge in [-0.1, -0.05) is 33.3 Å². The molecule has 0 saturated heterocycles. The van der Waals surface area contributed by atoms with Crippen LogP contribution in [0.4, 0.5) is 5.82 Å². The molecule has 9 nitrogen and oxygen atoms in total. The van der Waals surface area contributed by atoms with E-state index in [0.29, 0.717) is 12.6 Å². The van der Waals surface area contributed by atoms with Crippen molar-refractivity contribution in [1.82, 2.24) is 29.4 Å². The minimum atomic E-state index is 0.146. The lowest BCUT2D eigenvalue weighted by Gasteiger charge is -2.46. The van der Waals surface area contributed by atoms with Gasteiger partial charge in [0.25, 0.3) is 0 Å². The van der Waals surface area contributed by atoms with Gasteiger partial charge >= 0.3 is 0 Å². The second-order valence-electron chi connectivity index (χ2n) is 17.0. The molecule has 3 heterocycles. The summed E-state index contributed by atoms with van der Waals surface area (Å²) in [6.07, 6.45) is 16.9. The van der Waals surface area contributed by atoms with Gasteiger partial charge in [0.15, 0.2) is 0 Å². The van der Waals surface area contributed by atoms with Gasteiger partial charge in [0.2, 0.25) is 0 Å². The zero-order valence-corrected chi connectivity index (χ0v) is 31.8. The Morgan fingerprint density at radius 1 is 0.904 bits per heavy atom. The number of fused-ring (bicyclic) bond motifs is 2. The van der Waals surface area contributed by atoms with Crippen LogP contribution in [0, 0.1) is 17.8 Å². The summed E-state index contributed by atoms with van der Waals surface area (Å²) in [5, 5.41) is 4.62. The number of benzene rings is 2. The van der Waals surface area contributed by atoms with Crippen LogP contribution in [0.5, 0.6) is 11.5 Å². The molecule has 8 rings (SSSR count). The number of H-pyrrole nitrogens is 1. The molecule has 0 unspecified atom stereocenters. The Morgan fingerprint density at radius 3 is 2.52 bits per heavy atom. The second kappa shape index (κ2) is 14.7. The quantitative estimate of drug-likeness (QED) is 0.119. The summed E-state index contributed by atoms with van der Waals surface area (Å²) in [6.45, 7) is 9.97. The summed E-state index contributed by atoms with van der Waals surface area (Å²) in [4.78, 5) is 20.9. The molecule has 0 aliphatic heterocycles. The highest BCUT2D eigenvalue weighted by atomic mass is 16.5. The van der Waals surface area contributed by atoms with Crippen LogP contribution >= 0.6 is 0 Å². The summed E-state index contributed by atoms with van der Waals surface area (Å²) in [6, 6.07) is 16.0. The molecule has 3 aromatic heterocycles. The number of ether oxygens (including phenoxy) is 2. The fourth-order valence-corrected chi connectivity index (χ4v) is 8.98. The van der Waals surface area contributed by atoms with Crippen LogP contribution < -0.4 is 14.8 Å². The van der Waals surface area contributed by atoms with Gasteiger partial charge in [0.05, 0.1) is 30.6 Å². The maximum atomic E-state index is 5.62. The third kappa shape index (κ3) is 7.39. The molecule has 3 saturated carbocycles. The van der Waals surface area contributed by atoms with Crippen molar-refractivity contribution in [2.24, 2.45) is 17.8 Å². The van der Waals surface area contributed by atoms with E-state index < -0.39 is 0 Å². The number of hydrogen-bond acceptors (Lipinski definition) is 7. The molecule has 3 aliphatic carbocycles. The number of methoxy groups -OCH3 is 2. The van der Waals surface area contributed by atoms with E-state index in [2.05, 4.69) is 76.0 Å². The predicted octanol–water partition coefficient (Wildman–Crippen LogP) is 9.09. The molecule has 0 radical (unpaired) electrons. The molecule has 0 spiro atoms. The summed E-state index contributed by atoms with van der Waals surface area (Å²) in [5.41, 5.74) is 5.86. The Balaban J connectivity index is 0.866. The van der Waals surface area contributed by atoms with Crippen molar-refractivity contribution in [2.45, 2.75) is 109 Å². The van der Waals surface area contributed by atoms with Gasteiger partial charge in [0, 0.05) is 56.0 Å². The van der Waals surface area contributed by atoms with Crippen LogP contribution in [0.3, 0.4) is 0 Å². The maximum Gasteiger partial charge on any atom is 0.145 e. The van der Waals surface area contributed by atoms with Crippen molar-refractivity contribution < 1.29 is 9.47 Å². The highest BCUT2D eigenvalue weighted by Crippen LogP contribution is 2.42. The summed E-state index contributed by atoms with van der Waals surface area (Å²) < 4.78 is 13.4. The van der Waals surface area contributed by atoms with E-state index in [1.807, 2.05) is 18.2 Å². The minimum Gasteiger partial charge on any atom is -0.497 e. The molecule has 2 N–H and O–H groups in total. The van der Waals surface area contributed by atoms with Crippen molar-refractivity contribution in [1.29, 1.82) is 0 Å². The largest absolute Gasteiger partial charge is 0.497 e. The molecule has 3 fully saturated rings. The minimum absolute atomic E-state index is 0.146. The van der Waals surface area contributed by atoms with Gasteiger partial charge in [-0.15, -0.1) is 0 Å². The van der Waals surface area contributed by atoms with Gasteiger partial charge in [-0.3, -0.25) is 4.90 Å². The molecule has 276 valence electrons. The lowest BCUT2D eigenvalue weighted by Crippen LogP contribution is -2.49. The molecule has 3 aliphatic rings. The van der Waals surface area contributed by atoms with E-state index in [1.165, 1.54) is 82.0 Å². The van der Waals surface area contributed by atoms with E-state index in [0.717, 1.165) is 75.5 Å². The topological polar surface area (TPSA) is 93.1 Å². The monoisotopic (exact) mass is 703 g/mol. The first kappa shape index (κ1) is 34.9. The second-order valence-corrected chi connectivity index (χ2v) is 17.0. The first-order chi connectivity index (χ1) is 25.2. The molecule has 2 aromatic carbocycles. The zero-order valence-electron chi connectivity index (χ0n) is 31.8. The summed E-state index contributed by atoms with van der Waals surface area (Å²) >= 11 is 0. The fourth-order valence-electron chi connectivity index (χ4n) is 8.98. The molecule has 52 heavy (non-hydrogen) atoms. The molecule has 2 atom stereocenters. The molecular weight excluding hydrogens is 647 g/mol. The van der Waals surface area contributed by atoms with Crippen molar-refractivity contribution in [3.05, 3.63) is 71.9 Å². The molecule has 0 amide bonds. The lowest BCUT2D eigenvalue weighted by atomic mass is 9.75. The molecule has 9 heteroatoms. The normalized spacial score (nSPS) is 22.2. The first-order valence-electron chi connectivity index (χ1n) is 19.7. The van der Waals surface area contributed by atoms with Crippen LogP contribution in [0.1, 0.15) is 102 Å². The Morgan fingerprint density at radius 2 is 1.75 bits per heavy atom. The van der Waals surface area contributed by atoms with Gasteiger partial charge in [0.1, 0.15) is 35.1 Å². The van der Waals surface area contributed by atoms with Crippen LogP contribution in [0.25, 0.3) is 22.1 Å². The van der Waals surface area contributed by atoms with E-state index in [4.69, 9.17) is 19.4 Å². The maximum absolute atomic E-state index is 5.62. The van der Waals surface area contributed by atoms with Crippen molar-refractivity contribution in [2.75, 3.05) is 32.6 Å². The number of rotatable bonds is 14. The SMILES string of the molecule is COc1ccc(CNc2ncnc3c2ccn3[C@H]2CC[C@@H](CN(CC3CCC3)C3CC(CCc4nc5ccc(C(C)(C)C)cc5[nH]4)C3)C2)c(OC)c1. The van der Waals surface area contributed by atoms with Crippen LogP contribution in [-0.4, -0.2) is 62.8 Å². The van der Waals surface area contributed by atoms with Gasteiger partial charge in [-0.25, -0.2) is 15.0 Å². The smallest absolute Gasteiger partial charge is 0.145 e. The fraction of sp³-hybridized carbons (Fsp3) is 0.558. The Kier molecular flexibility index (Phi) is 9.90. The van der Waals surface area contributed by atoms with Crippen LogP contribution in [0.2, 0.25) is 0 Å². The molecule has 0 bridgehead atoms. The Bertz CT molecular complexity index is 1980. The van der Waals surface area contributed by atoms with E-state index in [9.17, 15) is 0 Å². The third-order valence-corrected chi connectivity index (χ3v) is 12.5. The Labute approximate surface area is 308 Å². The van der Waals surface area contributed by atoms with Crippen molar-refractivity contribution >= 4 is 27.9 Å². The third-order valence-electron chi connectivity index (χ3n) is 12.5. The summed E-state index contributed by atoms with van der Waals surface area (Å²) in [5.74, 6) is 6.03. The molecule has 5 aromatic rings. The van der Waals surface area contributed by atoms with E-state index >= 15 is 0 Å². The average Bonchev–Trinajstić information content (AvgIpc) is 3.85. The number of hydrogen-bond donors (Lipinski definition) is 2. The average molecular weight is 704 g/mol. The van der Waals surface area contributed by atoms with Crippen molar-refractivity contribution in [3.8, 4) is 11.5 Å². The highest BCUT2D eigenvalue weighted by Gasteiger charge is 2.38. The van der Waals surface area contributed by atoms with Gasteiger partial charge in [-0.2, -0.15) is 0 Å². The molecular formula is C43H57N7O2. The standard InChI is InChI=1S/C43H57N7O2/c1-43(2,3)32-12-15-37-38(22-32)48-40(47-37)16-10-29-19-34(20-29)49(25-28-7-6-8-28)26-30-9-13-33(21-30)50-18-17-36-41(45-27-46-42(36)50)44-24-31-11-14-35(51-4)23-39(31)52-5/h11-12,14-15,17-18,22-23,27-30,33-34H,6-10,13,16,19-21,24-26H2,1-5H3,(H,47,48)(H,44,45,46)/t29?,30-,33+,34?/m1/s1. The number of aryl methyl sites for hydroxylation is 1. The predicted molar refractivity (Wildman–Crippen MR) is 209 cm³/mol. The summed E-state index contributed by atoms with van der Waals surface area (Å²) in [7, 11) is 3.36. The zero-order chi connectivity index (χ0) is 35.8. The lowest BCUT2D eigenvalue weighted by molar-refractivity contribution is 0.0363. The van der Waals surface area contributed by atoms with E-state index in [-0.39, 0.29) is 5.41 Å². The van der Waals surface area contributed by atoms with Gasteiger partial charge < -0.3 is 24.3 Å². The highest BCUT2D eigenvalue weighted by molar-refractivity contribution is 5.87. The van der Waals surface area contributed by atoms with Crippen molar-refractivity contribution in [3.63, 3.8) is 0 Å². The number of imidazole rings is 1. The van der Waals surface area contributed by atoms with Gasteiger partial charge in [-0.05, 0) is 110 Å². The number of aromatic amines is 1. The number of aromatic nitrogens is 5. The number of anilines is 1.